The van der Waals surface area contributed by atoms with E-state index in [-0.39, 0.29) is 0 Å². The molecule has 0 radical (unpaired) electrons. The number of rotatable bonds is 5. The Morgan fingerprint density at radius 3 is 2.69 bits per heavy atom. The van der Waals surface area contributed by atoms with Crippen molar-refractivity contribution in [1.29, 1.82) is 0 Å². The molecule has 0 aliphatic rings. The molecule has 1 N–H and O–H groups in total. The third-order valence-electron chi connectivity index (χ3n) is 2.02. The Kier molecular flexibility index (Phi) is 3.85. The van der Waals surface area contributed by atoms with Crippen LogP contribution in [0.3, 0.4) is 0 Å². The molecule has 2 rings (SSSR count). The predicted octanol–water partition coefficient (Wildman–Crippen LogP) is 2.30. The quantitative estimate of drug-likeness (QED) is 0.863. The largest absolute Gasteiger partial charge is 0.370 e. The maximum atomic E-state index is 5.54. The lowest BCUT2D eigenvalue weighted by Crippen LogP contribution is -1.93. The number of nitrogens with one attached hydrogen (secondary N) is 1. The van der Waals surface area contributed by atoms with E-state index in [1.54, 1.807) is 0 Å². The topological polar surface area (TPSA) is 47.0 Å². The third kappa shape index (κ3) is 3.01. The number of ether oxygens (including phenoxy) is 1. The molecule has 1 heterocycles. The van der Waals surface area contributed by atoms with E-state index in [0.29, 0.717) is 13.2 Å². The average Bonchev–Trinajstić information content (AvgIpc) is 2.78. The van der Waals surface area contributed by atoms with Crippen LogP contribution in [0, 0.1) is 0 Å². The Balaban J connectivity index is 1.80. The molecule has 1 aromatic heterocycles. The summed E-state index contributed by atoms with van der Waals surface area (Å²) in [6.07, 6.45) is 0. The number of hydrogen-bond acceptors (Lipinski definition) is 5. The van der Waals surface area contributed by atoms with E-state index in [9.17, 15) is 0 Å². The van der Waals surface area contributed by atoms with E-state index in [4.69, 9.17) is 4.74 Å². The van der Waals surface area contributed by atoms with Crippen molar-refractivity contribution in [3.05, 3.63) is 40.9 Å². The van der Waals surface area contributed by atoms with Gasteiger partial charge in [0.05, 0.1) is 6.61 Å². The minimum atomic E-state index is 0.508. The zero-order chi connectivity index (χ0) is 11.2. The highest BCUT2D eigenvalue weighted by Crippen LogP contribution is 2.15. The third-order valence-corrected chi connectivity index (χ3v) is 2.93. The fraction of sp³-hybridized carbons (Fsp3) is 0.273. The molecule has 0 amide bonds. The Hall–Kier alpha value is -1.46. The molecule has 84 valence electrons. The molecular formula is C11H13N3OS. The van der Waals surface area contributed by atoms with Crippen LogP contribution in [0.2, 0.25) is 0 Å². The van der Waals surface area contributed by atoms with Crippen LogP contribution >= 0.6 is 11.3 Å². The minimum Gasteiger partial charge on any atom is -0.370 e. The lowest BCUT2D eigenvalue weighted by Gasteiger charge is -2.00. The van der Waals surface area contributed by atoms with Gasteiger partial charge in [0.15, 0.2) is 0 Å². The van der Waals surface area contributed by atoms with Gasteiger partial charge in [-0.3, -0.25) is 0 Å². The lowest BCUT2D eigenvalue weighted by molar-refractivity contribution is 0.106. The SMILES string of the molecule is CNc1nnc(COCc2ccccc2)s1. The smallest absolute Gasteiger partial charge is 0.205 e. The fourth-order valence-corrected chi connectivity index (χ4v) is 1.87. The second-order valence-corrected chi connectivity index (χ2v) is 4.29. The molecule has 0 aliphatic carbocycles. The molecule has 2 aromatic rings. The predicted molar refractivity (Wildman–Crippen MR) is 64.4 cm³/mol. The van der Waals surface area contributed by atoms with Crippen LogP contribution < -0.4 is 5.32 Å². The molecule has 0 fully saturated rings. The van der Waals surface area contributed by atoms with Crippen molar-refractivity contribution in [3.63, 3.8) is 0 Å². The maximum Gasteiger partial charge on any atom is 0.205 e. The molecule has 16 heavy (non-hydrogen) atoms. The first-order valence-electron chi connectivity index (χ1n) is 5.00. The summed E-state index contributed by atoms with van der Waals surface area (Å²) < 4.78 is 5.54. The highest BCUT2D eigenvalue weighted by atomic mass is 32.1. The maximum absolute atomic E-state index is 5.54. The fourth-order valence-electron chi connectivity index (χ4n) is 1.24. The van der Waals surface area contributed by atoms with Gasteiger partial charge < -0.3 is 10.1 Å². The van der Waals surface area contributed by atoms with Crippen LogP contribution in [0.5, 0.6) is 0 Å². The van der Waals surface area contributed by atoms with Gasteiger partial charge in [-0.05, 0) is 5.56 Å². The average molecular weight is 235 g/mol. The molecule has 4 nitrogen and oxygen atoms in total. The van der Waals surface area contributed by atoms with Crippen molar-refractivity contribution >= 4 is 16.5 Å². The molecular weight excluding hydrogens is 222 g/mol. The first-order valence-corrected chi connectivity index (χ1v) is 5.82. The van der Waals surface area contributed by atoms with Crippen molar-refractivity contribution in [1.82, 2.24) is 10.2 Å². The van der Waals surface area contributed by atoms with Gasteiger partial charge in [0.1, 0.15) is 11.6 Å². The summed E-state index contributed by atoms with van der Waals surface area (Å²) in [7, 11) is 1.83. The summed E-state index contributed by atoms with van der Waals surface area (Å²) in [4.78, 5) is 0. The summed E-state index contributed by atoms with van der Waals surface area (Å²) >= 11 is 1.51. The number of benzene rings is 1. The van der Waals surface area contributed by atoms with Crippen LogP contribution in [0.1, 0.15) is 10.6 Å². The van der Waals surface area contributed by atoms with Crippen molar-refractivity contribution in [2.24, 2.45) is 0 Å². The van der Waals surface area contributed by atoms with Crippen LogP contribution in [0.15, 0.2) is 30.3 Å². The van der Waals surface area contributed by atoms with Crippen molar-refractivity contribution in [2.75, 3.05) is 12.4 Å². The Bertz CT molecular complexity index is 430. The van der Waals surface area contributed by atoms with Crippen LogP contribution in [-0.4, -0.2) is 17.2 Å². The van der Waals surface area contributed by atoms with E-state index >= 15 is 0 Å². The minimum absolute atomic E-state index is 0.508. The number of anilines is 1. The first-order chi connectivity index (χ1) is 7.88. The highest BCUT2D eigenvalue weighted by Gasteiger charge is 2.02. The molecule has 5 heteroatoms. The van der Waals surface area contributed by atoms with Gasteiger partial charge in [-0.2, -0.15) is 0 Å². The first kappa shape index (κ1) is 11.0. The number of aromatic nitrogens is 2. The summed E-state index contributed by atoms with van der Waals surface area (Å²) in [5, 5.41) is 12.6. The monoisotopic (exact) mass is 235 g/mol. The summed E-state index contributed by atoms with van der Waals surface area (Å²) in [6, 6.07) is 10.1. The standard InChI is InChI=1S/C11H13N3OS/c1-12-11-14-13-10(16-11)8-15-7-9-5-3-2-4-6-9/h2-6H,7-8H2,1H3,(H,12,14). The molecule has 0 aliphatic heterocycles. The number of nitrogens with zero attached hydrogens (tertiary/aromatic N) is 2. The Morgan fingerprint density at radius 1 is 1.19 bits per heavy atom. The zero-order valence-electron chi connectivity index (χ0n) is 9.01. The molecule has 1 aromatic carbocycles. The van der Waals surface area contributed by atoms with E-state index in [0.717, 1.165) is 10.1 Å². The molecule has 0 spiro atoms. The van der Waals surface area contributed by atoms with Crippen LogP contribution in [-0.2, 0) is 18.0 Å². The van der Waals surface area contributed by atoms with Gasteiger partial charge in [-0.25, -0.2) is 0 Å². The van der Waals surface area contributed by atoms with Gasteiger partial charge in [0.2, 0.25) is 5.13 Å². The van der Waals surface area contributed by atoms with Gasteiger partial charge >= 0.3 is 0 Å². The number of hydrogen-bond donors (Lipinski definition) is 1. The van der Waals surface area contributed by atoms with E-state index in [1.807, 2.05) is 37.4 Å². The van der Waals surface area contributed by atoms with Crippen molar-refractivity contribution in [3.8, 4) is 0 Å². The van der Waals surface area contributed by atoms with Crippen molar-refractivity contribution in [2.45, 2.75) is 13.2 Å². The lowest BCUT2D eigenvalue weighted by atomic mass is 10.2. The van der Waals surface area contributed by atoms with Crippen LogP contribution in [0.4, 0.5) is 5.13 Å². The Morgan fingerprint density at radius 2 is 2.00 bits per heavy atom. The molecule has 0 bridgehead atoms. The van der Waals surface area contributed by atoms with E-state index in [1.165, 1.54) is 16.9 Å². The van der Waals surface area contributed by atoms with Gasteiger partial charge in [-0.1, -0.05) is 41.7 Å². The van der Waals surface area contributed by atoms with E-state index < -0.39 is 0 Å². The normalized spacial score (nSPS) is 10.3. The van der Waals surface area contributed by atoms with Crippen molar-refractivity contribution < 1.29 is 4.74 Å². The second-order valence-electron chi connectivity index (χ2n) is 3.23. The van der Waals surface area contributed by atoms with Gasteiger partial charge in [-0.15, -0.1) is 10.2 Å². The second kappa shape index (κ2) is 5.58. The highest BCUT2D eigenvalue weighted by molar-refractivity contribution is 7.15. The van der Waals surface area contributed by atoms with Gasteiger partial charge in [0, 0.05) is 7.05 Å². The molecule has 0 saturated heterocycles. The molecule has 0 atom stereocenters. The summed E-state index contributed by atoms with van der Waals surface area (Å²) in [5.41, 5.74) is 1.17. The summed E-state index contributed by atoms with van der Waals surface area (Å²) in [5.74, 6) is 0. The van der Waals surface area contributed by atoms with Crippen LogP contribution in [0.25, 0.3) is 0 Å². The molecule has 0 unspecified atom stereocenters. The zero-order valence-corrected chi connectivity index (χ0v) is 9.83. The molecule has 0 saturated carbocycles. The Labute approximate surface area is 98.3 Å². The van der Waals surface area contributed by atoms with Gasteiger partial charge in [0.25, 0.3) is 0 Å². The summed E-state index contributed by atoms with van der Waals surface area (Å²) in [6.45, 7) is 1.11. The van der Waals surface area contributed by atoms with E-state index in [2.05, 4.69) is 15.5 Å².